The molecule has 110 valence electrons. The van der Waals surface area contributed by atoms with Crippen molar-refractivity contribution < 1.29 is 4.79 Å². The van der Waals surface area contributed by atoms with E-state index in [0.717, 1.165) is 14.6 Å². The fourth-order valence-corrected chi connectivity index (χ4v) is 2.62. The fourth-order valence-electron chi connectivity index (χ4n) is 1.88. The van der Waals surface area contributed by atoms with Crippen LogP contribution in [-0.4, -0.2) is 5.91 Å². The molecule has 21 heavy (non-hydrogen) atoms. The van der Waals surface area contributed by atoms with E-state index in [1.54, 1.807) is 12.1 Å². The molecule has 0 aliphatic carbocycles. The van der Waals surface area contributed by atoms with Gasteiger partial charge in [-0.3, -0.25) is 4.79 Å². The van der Waals surface area contributed by atoms with Crippen molar-refractivity contribution in [3.63, 3.8) is 0 Å². The highest BCUT2D eigenvalue weighted by Gasteiger charge is 2.15. The third-order valence-corrected chi connectivity index (χ3v) is 4.37. The Bertz CT molecular complexity index is 657. The van der Waals surface area contributed by atoms with Crippen molar-refractivity contribution in [3.8, 4) is 0 Å². The summed E-state index contributed by atoms with van der Waals surface area (Å²) in [6, 6.07) is 13.3. The van der Waals surface area contributed by atoms with Crippen LogP contribution in [0.2, 0.25) is 0 Å². The topological polar surface area (TPSA) is 29.1 Å². The van der Waals surface area contributed by atoms with E-state index in [9.17, 15) is 4.79 Å². The second-order valence-corrected chi connectivity index (χ2v) is 7.68. The number of halogens is 2. The molecular formula is C17H17Br2NO. The van der Waals surface area contributed by atoms with Gasteiger partial charge in [0.15, 0.2) is 0 Å². The molecule has 2 aromatic carbocycles. The van der Waals surface area contributed by atoms with Crippen molar-refractivity contribution in [1.82, 2.24) is 0 Å². The third kappa shape index (κ3) is 4.17. The largest absolute Gasteiger partial charge is 0.321 e. The predicted octanol–water partition coefficient (Wildman–Crippen LogP) is 5.76. The Morgan fingerprint density at radius 3 is 2.14 bits per heavy atom. The van der Waals surface area contributed by atoms with Gasteiger partial charge in [-0.2, -0.15) is 0 Å². The molecule has 0 saturated heterocycles. The van der Waals surface area contributed by atoms with Crippen LogP contribution >= 0.6 is 31.9 Å². The monoisotopic (exact) mass is 409 g/mol. The number of benzene rings is 2. The van der Waals surface area contributed by atoms with Crippen LogP contribution in [0.4, 0.5) is 5.69 Å². The molecule has 0 bridgehead atoms. The number of hydrogen-bond acceptors (Lipinski definition) is 1. The van der Waals surface area contributed by atoms with Gasteiger partial charge >= 0.3 is 0 Å². The summed E-state index contributed by atoms with van der Waals surface area (Å²) in [4.78, 5) is 12.2. The first kappa shape index (κ1) is 16.2. The highest BCUT2D eigenvalue weighted by Crippen LogP contribution is 2.30. The lowest BCUT2D eigenvalue weighted by molar-refractivity contribution is 0.102. The minimum absolute atomic E-state index is 0.0801. The third-order valence-electron chi connectivity index (χ3n) is 3.19. The second-order valence-electron chi connectivity index (χ2n) is 5.91. The summed E-state index contributed by atoms with van der Waals surface area (Å²) in [5.74, 6) is -0.119. The van der Waals surface area contributed by atoms with E-state index in [-0.39, 0.29) is 11.3 Å². The Labute approximate surface area is 142 Å². The van der Waals surface area contributed by atoms with Crippen molar-refractivity contribution in [2.75, 3.05) is 5.32 Å². The van der Waals surface area contributed by atoms with Gasteiger partial charge in [-0.25, -0.2) is 0 Å². The van der Waals surface area contributed by atoms with Crippen molar-refractivity contribution in [2.24, 2.45) is 0 Å². The first-order chi connectivity index (χ1) is 9.77. The molecule has 2 aromatic rings. The van der Waals surface area contributed by atoms with Crippen LogP contribution in [0.25, 0.3) is 0 Å². The first-order valence-corrected chi connectivity index (χ1v) is 8.23. The van der Waals surface area contributed by atoms with E-state index in [1.165, 1.54) is 5.56 Å². The summed E-state index contributed by atoms with van der Waals surface area (Å²) in [5.41, 5.74) is 2.70. The van der Waals surface area contributed by atoms with Gasteiger partial charge in [0.05, 0.1) is 5.69 Å². The number of nitrogens with one attached hydrogen (secondary N) is 1. The summed E-state index contributed by atoms with van der Waals surface area (Å²) in [6.07, 6.45) is 0. The summed E-state index contributed by atoms with van der Waals surface area (Å²) < 4.78 is 1.84. The average molecular weight is 411 g/mol. The Morgan fingerprint density at radius 1 is 1.00 bits per heavy atom. The minimum Gasteiger partial charge on any atom is -0.321 e. The highest BCUT2D eigenvalue weighted by molar-refractivity contribution is 9.10. The van der Waals surface area contributed by atoms with E-state index in [4.69, 9.17) is 0 Å². The molecule has 0 aromatic heterocycles. The minimum atomic E-state index is -0.119. The molecule has 0 unspecified atom stereocenters. The molecule has 0 radical (unpaired) electrons. The summed E-state index contributed by atoms with van der Waals surface area (Å²) >= 11 is 6.89. The molecule has 2 nitrogen and oxygen atoms in total. The maximum Gasteiger partial charge on any atom is 0.255 e. The zero-order chi connectivity index (χ0) is 15.6. The fraction of sp³-hybridized carbons (Fsp3) is 0.235. The van der Waals surface area contributed by atoms with Crippen LogP contribution in [0.5, 0.6) is 0 Å². The van der Waals surface area contributed by atoms with E-state index in [2.05, 4.69) is 64.0 Å². The molecule has 0 aliphatic heterocycles. The number of amides is 1. The lowest BCUT2D eigenvalue weighted by atomic mass is 9.87. The standard InChI is InChI=1S/C17H17Br2NO/c1-17(2,3)12-6-9-15(14(19)10-12)20-16(21)11-4-7-13(18)8-5-11/h4-10H,1-3H3,(H,20,21). The van der Waals surface area contributed by atoms with E-state index < -0.39 is 0 Å². The lowest BCUT2D eigenvalue weighted by Crippen LogP contribution is -2.14. The van der Waals surface area contributed by atoms with Gasteiger partial charge in [-0.1, -0.05) is 42.8 Å². The quantitative estimate of drug-likeness (QED) is 0.669. The molecular weight excluding hydrogens is 394 g/mol. The molecule has 0 spiro atoms. The normalized spacial score (nSPS) is 11.3. The van der Waals surface area contributed by atoms with Crippen molar-refractivity contribution in [3.05, 3.63) is 62.5 Å². The van der Waals surface area contributed by atoms with Gasteiger partial charge in [0, 0.05) is 14.5 Å². The molecule has 0 fully saturated rings. The molecule has 4 heteroatoms. The number of rotatable bonds is 2. The van der Waals surface area contributed by atoms with Crippen LogP contribution < -0.4 is 5.32 Å². The van der Waals surface area contributed by atoms with Crippen molar-refractivity contribution >= 4 is 43.5 Å². The number of hydrogen-bond donors (Lipinski definition) is 1. The molecule has 1 N–H and O–H groups in total. The Balaban J connectivity index is 2.20. The van der Waals surface area contributed by atoms with Gasteiger partial charge in [0.25, 0.3) is 5.91 Å². The number of carbonyl (C=O) groups excluding carboxylic acids is 1. The van der Waals surface area contributed by atoms with Gasteiger partial charge in [0.1, 0.15) is 0 Å². The number of anilines is 1. The molecule has 1 amide bonds. The molecule has 0 heterocycles. The Kier molecular flexibility index (Phi) is 4.89. The molecule has 0 aliphatic rings. The van der Waals surface area contributed by atoms with Crippen LogP contribution in [0.15, 0.2) is 51.4 Å². The Morgan fingerprint density at radius 2 is 1.62 bits per heavy atom. The van der Waals surface area contributed by atoms with Gasteiger partial charge in [0.2, 0.25) is 0 Å². The van der Waals surface area contributed by atoms with Crippen LogP contribution in [0, 0.1) is 0 Å². The lowest BCUT2D eigenvalue weighted by Gasteiger charge is -2.20. The Hall–Kier alpha value is -1.13. The molecule has 0 saturated carbocycles. The smallest absolute Gasteiger partial charge is 0.255 e. The molecule has 2 rings (SSSR count). The molecule has 0 atom stereocenters. The summed E-state index contributed by atoms with van der Waals surface area (Å²) in [7, 11) is 0. The van der Waals surface area contributed by atoms with E-state index in [0.29, 0.717) is 5.56 Å². The van der Waals surface area contributed by atoms with Crippen molar-refractivity contribution in [1.29, 1.82) is 0 Å². The zero-order valence-electron chi connectivity index (χ0n) is 12.2. The average Bonchev–Trinajstić information content (AvgIpc) is 2.40. The predicted molar refractivity (Wildman–Crippen MR) is 94.9 cm³/mol. The van der Waals surface area contributed by atoms with E-state index in [1.807, 2.05) is 24.3 Å². The van der Waals surface area contributed by atoms with Crippen LogP contribution in [-0.2, 0) is 5.41 Å². The summed E-state index contributed by atoms with van der Waals surface area (Å²) in [6.45, 7) is 6.48. The second kappa shape index (κ2) is 6.32. The van der Waals surface area contributed by atoms with E-state index >= 15 is 0 Å². The van der Waals surface area contributed by atoms with Crippen LogP contribution in [0.1, 0.15) is 36.7 Å². The SMILES string of the molecule is CC(C)(C)c1ccc(NC(=O)c2ccc(Br)cc2)c(Br)c1. The van der Waals surface area contributed by atoms with Gasteiger partial charge in [-0.15, -0.1) is 0 Å². The van der Waals surface area contributed by atoms with Crippen molar-refractivity contribution in [2.45, 2.75) is 26.2 Å². The highest BCUT2D eigenvalue weighted by atomic mass is 79.9. The first-order valence-electron chi connectivity index (χ1n) is 6.64. The van der Waals surface area contributed by atoms with Gasteiger partial charge < -0.3 is 5.32 Å². The summed E-state index contributed by atoms with van der Waals surface area (Å²) in [5, 5.41) is 2.92. The number of carbonyl (C=O) groups is 1. The van der Waals surface area contributed by atoms with Crippen LogP contribution in [0.3, 0.4) is 0 Å². The zero-order valence-corrected chi connectivity index (χ0v) is 15.4. The maximum absolute atomic E-state index is 12.2. The van der Waals surface area contributed by atoms with Gasteiger partial charge in [-0.05, 0) is 63.3 Å². The maximum atomic E-state index is 12.2.